The quantitative estimate of drug-likeness (QED) is 0.860. The summed E-state index contributed by atoms with van der Waals surface area (Å²) in [6, 6.07) is 13.8. The zero-order chi connectivity index (χ0) is 14.1. The maximum Gasteiger partial charge on any atom is 0.231 e. The number of carbonyl (C=O) groups excluding carboxylic acids is 1. The van der Waals surface area contributed by atoms with Gasteiger partial charge in [0.2, 0.25) is 5.91 Å². The van der Waals surface area contributed by atoms with Crippen LogP contribution in [0.4, 0.5) is 5.69 Å². The molecule has 20 heavy (non-hydrogen) atoms. The van der Waals surface area contributed by atoms with Gasteiger partial charge in [0.1, 0.15) is 5.75 Å². The molecular formula is C16H14BrNO2. The Balaban J connectivity index is 1.87. The van der Waals surface area contributed by atoms with Gasteiger partial charge in [-0.15, -0.1) is 0 Å². The number of ether oxygens (including phenoxy) is 1. The molecule has 0 saturated carbocycles. The number of anilines is 1. The van der Waals surface area contributed by atoms with Crippen molar-refractivity contribution >= 4 is 27.5 Å². The molecule has 102 valence electrons. The summed E-state index contributed by atoms with van der Waals surface area (Å²) in [5.41, 5.74) is 3.18. The number of carbonyl (C=O) groups is 1. The Hall–Kier alpha value is -1.81. The number of amides is 1. The highest BCUT2D eigenvalue weighted by atomic mass is 79.9. The molecule has 1 heterocycles. The Kier molecular flexibility index (Phi) is 3.49. The highest BCUT2D eigenvalue weighted by Gasteiger charge is 2.27. The zero-order valence-corrected chi connectivity index (χ0v) is 12.7. The summed E-state index contributed by atoms with van der Waals surface area (Å²) in [6.45, 7) is 0.590. The van der Waals surface area contributed by atoms with E-state index in [1.165, 1.54) is 0 Å². The van der Waals surface area contributed by atoms with Crippen molar-refractivity contribution in [3.8, 4) is 5.75 Å². The van der Waals surface area contributed by atoms with Gasteiger partial charge in [-0.2, -0.15) is 0 Å². The van der Waals surface area contributed by atoms with Gasteiger partial charge in [0.15, 0.2) is 0 Å². The fourth-order valence-corrected chi connectivity index (χ4v) is 2.77. The second kappa shape index (κ2) is 5.29. The van der Waals surface area contributed by atoms with E-state index in [0.717, 1.165) is 27.0 Å². The first-order chi connectivity index (χ1) is 9.67. The predicted octanol–water partition coefficient (Wildman–Crippen LogP) is 3.55. The van der Waals surface area contributed by atoms with Crippen molar-refractivity contribution in [1.82, 2.24) is 0 Å². The normalized spacial score (nSPS) is 13.5. The third-order valence-corrected chi connectivity index (χ3v) is 3.97. The summed E-state index contributed by atoms with van der Waals surface area (Å²) >= 11 is 3.46. The van der Waals surface area contributed by atoms with Gasteiger partial charge < -0.3 is 9.64 Å². The van der Waals surface area contributed by atoms with E-state index in [1.807, 2.05) is 47.4 Å². The number of fused-ring (bicyclic) bond motifs is 1. The van der Waals surface area contributed by atoms with E-state index in [9.17, 15) is 4.79 Å². The first-order valence-electron chi connectivity index (χ1n) is 6.39. The topological polar surface area (TPSA) is 29.5 Å². The van der Waals surface area contributed by atoms with Crippen LogP contribution in [0.3, 0.4) is 0 Å². The Morgan fingerprint density at radius 1 is 1.20 bits per heavy atom. The van der Waals surface area contributed by atoms with E-state index in [2.05, 4.69) is 15.9 Å². The molecule has 0 fully saturated rings. The van der Waals surface area contributed by atoms with Gasteiger partial charge in [-0.25, -0.2) is 0 Å². The minimum absolute atomic E-state index is 0.147. The molecule has 2 aromatic rings. The number of methoxy groups -OCH3 is 1. The van der Waals surface area contributed by atoms with Gasteiger partial charge in [-0.05, 0) is 35.4 Å². The van der Waals surface area contributed by atoms with Crippen molar-refractivity contribution in [3.05, 3.63) is 58.1 Å². The first kappa shape index (κ1) is 13.2. The van der Waals surface area contributed by atoms with E-state index in [-0.39, 0.29) is 5.91 Å². The highest BCUT2D eigenvalue weighted by Crippen LogP contribution is 2.32. The Bertz CT molecular complexity index is 652. The molecule has 1 amide bonds. The molecule has 0 aliphatic carbocycles. The molecule has 1 aliphatic heterocycles. The van der Waals surface area contributed by atoms with Gasteiger partial charge in [-0.3, -0.25) is 4.79 Å². The number of nitrogens with zero attached hydrogens (tertiary/aromatic N) is 1. The summed E-state index contributed by atoms with van der Waals surface area (Å²) in [5.74, 6) is 0.971. The monoisotopic (exact) mass is 331 g/mol. The molecule has 3 nitrogen and oxygen atoms in total. The van der Waals surface area contributed by atoms with E-state index in [4.69, 9.17) is 4.74 Å². The van der Waals surface area contributed by atoms with Crippen molar-refractivity contribution in [1.29, 1.82) is 0 Å². The van der Waals surface area contributed by atoms with E-state index < -0.39 is 0 Å². The minimum Gasteiger partial charge on any atom is -0.497 e. The molecular weight excluding hydrogens is 318 g/mol. The van der Waals surface area contributed by atoms with Gasteiger partial charge in [0, 0.05) is 10.2 Å². The Labute approximate surface area is 126 Å². The third kappa shape index (κ3) is 2.43. The molecule has 4 heteroatoms. The third-order valence-electron chi connectivity index (χ3n) is 3.48. The average molecular weight is 332 g/mol. The SMILES string of the molecule is COc1ccc(CN2C(=O)Cc3ccc(Br)cc32)cc1. The largest absolute Gasteiger partial charge is 0.497 e. The Morgan fingerprint density at radius 2 is 1.95 bits per heavy atom. The van der Waals surface area contributed by atoms with Crippen molar-refractivity contribution in [2.24, 2.45) is 0 Å². The molecule has 0 N–H and O–H groups in total. The predicted molar refractivity (Wildman–Crippen MR) is 82.0 cm³/mol. The van der Waals surface area contributed by atoms with E-state index in [0.29, 0.717) is 13.0 Å². The van der Waals surface area contributed by atoms with Crippen LogP contribution in [0, 0.1) is 0 Å². The molecule has 1 aliphatic rings. The number of hydrogen-bond acceptors (Lipinski definition) is 2. The van der Waals surface area contributed by atoms with Crippen LogP contribution in [0.5, 0.6) is 5.75 Å². The number of benzene rings is 2. The summed E-state index contributed by atoms with van der Waals surface area (Å²) < 4.78 is 6.14. The molecule has 0 bridgehead atoms. The highest BCUT2D eigenvalue weighted by molar-refractivity contribution is 9.10. The van der Waals surface area contributed by atoms with Crippen molar-refractivity contribution in [3.63, 3.8) is 0 Å². The number of hydrogen-bond donors (Lipinski definition) is 0. The summed E-state index contributed by atoms with van der Waals surface area (Å²) in [5, 5.41) is 0. The smallest absolute Gasteiger partial charge is 0.231 e. The lowest BCUT2D eigenvalue weighted by Gasteiger charge is -2.18. The second-order valence-corrected chi connectivity index (χ2v) is 5.69. The van der Waals surface area contributed by atoms with Crippen LogP contribution in [0.2, 0.25) is 0 Å². The number of rotatable bonds is 3. The van der Waals surface area contributed by atoms with Crippen LogP contribution < -0.4 is 9.64 Å². The minimum atomic E-state index is 0.147. The lowest BCUT2D eigenvalue weighted by atomic mass is 10.1. The molecule has 3 rings (SSSR count). The molecule has 0 saturated heterocycles. The van der Waals surface area contributed by atoms with Crippen LogP contribution >= 0.6 is 15.9 Å². The lowest BCUT2D eigenvalue weighted by Crippen LogP contribution is -2.25. The maximum atomic E-state index is 12.2. The van der Waals surface area contributed by atoms with Crippen LogP contribution in [-0.2, 0) is 17.8 Å². The van der Waals surface area contributed by atoms with Crippen LogP contribution in [0.15, 0.2) is 46.9 Å². The standard InChI is InChI=1S/C16H14BrNO2/c1-20-14-6-2-11(3-7-14)10-18-15-9-13(17)5-4-12(15)8-16(18)19/h2-7,9H,8,10H2,1H3. The second-order valence-electron chi connectivity index (χ2n) is 4.78. The van der Waals surface area contributed by atoms with Crippen LogP contribution in [0.1, 0.15) is 11.1 Å². The average Bonchev–Trinajstić information content (AvgIpc) is 2.76. The molecule has 2 aromatic carbocycles. The van der Waals surface area contributed by atoms with Crippen LogP contribution in [0.25, 0.3) is 0 Å². The van der Waals surface area contributed by atoms with E-state index in [1.54, 1.807) is 7.11 Å². The van der Waals surface area contributed by atoms with Crippen LogP contribution in [-0.4, -0.2) is 13.0 Å². The van der Waals surface area contributed by atoms with Gasteiger partial charge in [-0.1, -0.05) is 34.1 Å². The molecule has 0 aromatic heterocycles. The molecule has 0 radical (unpaired) electrons. The first-order valence-corrected chi connectivity index (χ1v) is 7.18. The fraction of sp³-hybridized carbons (Fsp3) is 0.188. The zero-order valence-electron chi connectivity index (χ0n) is 11.1. The number of halogens is 1. The van der Waals surface area contributed by atoms with E-state index >= 15 is 0 Å². The lowest BCUT2D eigenvalue weighted by molar-refractivity contribution is -0.117. The summed E-state index contributed by atoms with van der Waals surface area (Å²) in [4.78, 5) is 14.0. The molecule has 0 atom stereocenters. The Morgan fingerprint density at radius 3 is 2.65 bits per heavy atom. The van der Waals surface area contributed by atoms with Gasteiger partial charge in [0.05, 0.1) is 20.1 Å². The molecule has 0 spiro atoms. The van der Waals surface area contributed by atoms with Gasteiger partial charge in [0.25, 0.3) is 0 Å². The maximum absolute atomic E-state index is 12.2. The van der Waals surface area contributed by atoms with Crippen molar-refractivity contribution < 1.29 is 9.53 Å². The molecule has 0 unspecified atom stereocenters. The summed E-state index contributed by atoms with van der Waals surface area (Å²) in [6.07, 6.45) is 0.485. The fourth-order valence-electron chi connectivity index (χ4n) is 2.42. The van der Waals surface area contributed by atoms with Crippen molar-refractivity contribution in [2.45, 2.75) is 13.0 Å². The van der Waals surface area contributed by atoms with Crippen molar-refractivity contribution in [2.75, 3.05) is 12.0 Å². The summed E-state index contributed by atoms with van der Waals surface area (Å²) in [7, 11) is 1.65. The van der Waals surface area contributed by atoms with Gasteiger partial charge >= 0.3 is 0 Å².